The molecule has 0 aromatic heterocycles. The predicted octanol–water partition coefficient (Wildman–Crippen LogP) is 3.01. The van der Waals surface area contributed by atoms with Crippen LogP contribution in [0.1, 0.15) is 19.4 Å². The first-order valence-electron chi connectivity index (χ1n) is 5.88. The van der Waals surface area contributed by atoms with Gasteiger partial charge >= 0.3 is 0 Å². The Kier molecular flexibility index (Phi) is 5.71. The van der Waals surface area contributed by atoms with E-state index in [2.05, 4.69) is 37.8 Å². The van der Waals surface area contributed by atoms with Crippen LogP contribution >= 0.6 is 11.8 Å². The first-order valence-corrected chi connectivity index (χ1v) is 6.87. The second-order valence-corrected chi connectivity index (χ2v) is 5.05. The normalized spacial score (nSPS) is 11.0. The Morgan fingerprint density at radius 1 is 1.25 bits per heavy atom. The smallest absolute Gasteiger partial charge is 0.0452 e. The summed E-state index contributed by atoms with van der Waals surface area (Å²) in [6, 6.07) is 6.22. The summed E-state index contributed by atoms with van der Waals surface area (Å²) in [5.41, 5.74) is 8.11. The van der Waals surface area contributed by atoms with Crippen molar-refractivity contribution in [2.45, 2.75) is 25.7 Å². The van der Waals surface area contributed by atoms with Gasteiger partial charge in [-0.25, -0.2) is 0 Å². The lowest BCUT2D eigenvalue weighted by atomic mass is 10.2. The highest BCUT2D eigenvalue weighted by molar-refractivity contribution is 7.99. The molecule has 0 saturated carbocycles. The Hall–Kier alpha value is -0.670. The molecule has 0 unspecified atom stereocenters. The summed E-state index contributed by atoms with van der Waals surface area (Å²) in [4.78, 5) is 3.64. The lowest BCUT2D eigenvalue weighted by Crippen LogP contribution is -2.25. The summed E-state index contributed by atoms with van der Waals surface area (Å²) < 4.78 is 0. The average molecular weight is 238 g/mol. The van der Waals surface area contributed by atoms with Gasteiger partial charge in [0.15, 0.2) is 0 Å². The maximum atomic E-state index is 5.94. The molecule has 0 amide bonds. The van der Waals surface area contributed by atoms with Gasteiger partial charge in [-0.05, 0) is 37.7 Å². The van der Waals surface area contributed by atoms with Crippen LogP contribution in [0.25, 0.3) is 0 Å². The molecule has 0 aliphatic rings. The first-order chi connectivity index (χ1) is 7.67. The van der Waals surface area contributed by atoms with E-state index >= 15 is 0 Å². The topological polar surface area (TPSA) is 29.3 Å². The van der Waals surface area contributed by atoms with Crippen LogP contribution in [-0.2, 0) is 0 Å². The number of nitrogen functional groups attached to an aromatic ring is 1. The monoisotopic (exact) mass is 238 g/mol. The number of nitrogens with two attached hydrogens (primary N) is 1. The molecular formula is C13H22N2S. The second kappa shape index (κ2) is 6.81. The SMILES string of the molecule is CCN(CC)CCSc1cc(C)ccc1N. The molecule has 0 saturated heterocycles. The van der Waals surface area contributed by atoms with Crippen molar-refractivity contribution >= 4 is 17.4 Å². The number of hydrogen-bond acceptors (Lipinski definition) is 3. The molecule has 1 aromatic carbocycles. The predicted molar refractivity (Wildman–Crippen MR) is 74.1 cm³/mol. The van der Waals surface area contributed by atoms with Crippen LogP contribution in [0.3, 0.4) is 0 Å². The molecule has 0 radical (unpaired) electrons. The highest BCUT2D eigenvalue weighted by Crippen LogP contribution is 2.25. The summed E-state index contributed by atoms with van der Waals surface area (Å²) in [6.07, 6.45) is 0. The van der Waals surface area contributed by atoms with Crippen molar-refractivity contribution in [1.29, 1.82) is 0 Å². The Morgan fingerprint density at radius 3 is 2.56 bits per heavy atom. The molecule has 0 bridgehead atoms. The minimum Gasteiger partial charge on any atom is -0.398 e. The van der Waals surface area contributed by atoms with Gasteiger partial charge in [0.25, 0.3) is 0 Å². The molecule has 0 atom stereocenters. The molecule has 3 heteroatoms. The lowest BCUT2D eigenvalue weighted by Gasteiger charge is -2.17. The van der Waals surface area contributed by atoms with Crippen LogP contribution in [0, 0.1) is 6.92 Å². The van der Waals surface area contributed by atoms with Gasteiger partial charge in [0.2, 0.25) is 0 Å². The third kappa shape index (κ3) is 4.06. The number of rotatable bonds is 6. The van der Waals surface area contributed by atoms with E-state index in [1.54, 1.807) is 0 Å². The average Bonchev–Trinajstić information content (AvgIpc) is 2.29. The largest absolute Gasteiger partial charge is 0.398 e. The number of benzene rings is 1. The fourth-order valence-corrected chi connectivity index (χ4v) is 2.66. The van der Waals surface area contributed by atoms with Gasteiger partial charge in [0.1, 0.15) is 0 Å². The molecule has 90 valence electrons. The quantitative estimate of drug-likeness (QED) is 0.610. The fourth-order valence-electron chi connectivity index (χ4n) is 1.59. The van der Waals surface area contributed by atoms with Gasteiger partial charge in [-0.15, -0.1) is 11.8 Å². The third-order valence-electron chi connectivity index (χ3n) is 2.73. The van der Waals surface area contributed by atoms with E-state index in [0.717, 1.165) is 31.1 Å². The second-order valence-electron chi connectivity index (χ2n) is 3.92. The standard InChI is InChI=1S/C13H22N2S/c1-4-15(5-2)8-9-16-13-10-11(3)6-7-12(13)14/h6-7,10H,4-5,8-9,14H2,1-3H3. The number of thioether (sulfide) groups is 1. The van der Waals surface area contributed by atoms with E-state index in [-0.39, 0.29) is 0 Å². The molecule has 0 heterocycles. The van der Waals surface area contributed by atoms with Gasteiger partial charge in [-0.1, -0.05) is 19.9 Å². The minimum atomic E-state index is 0.898. The molecular weight excluding hydrogens is 216 g/mol. The van der Waals surface area contributed by atoms with Crippen molar-refractivity contribution in [2.75, 3.05) is 31.1 Å². The maximum Gasteiger partial charge on any atom is 0.0452 e. The summed E-state index contributed by atoms with van der Waals surface area (Å²) in [6.45, 7) is 9.89. The van der Waals surface area contributed by atoms with Crippen LogP contribution in [0.4, 0.5) is 5.69 Å². The Morgan fingerprint density at radius 2 is 1.94 bits per heavy atom. The molecule has 0 aliphatic carbocycles. The number of anilines is 1. The minimum absolute atomic E-state index is 0.898. The molecule has 2 N–H and O–H groups in total. The van der Waals surface area contributed by atoms with Crippen molar-refractivity contribution in [2.24, 2.45) is 0 Å². The van der Waals surface area contributed by atoms with Crippen LogP contribution in [-0.4, -0.2) is 30.3 Å². The van der Waals surface area contributed by atoms with Crippen molar-refractivity contribution in [1.82, 2.24) is 4.90 Å². The van der Waals surface area contributed by atoms with Crippen molar-refractivity contribution in [3.8, 4) is 0 Å². The molecule has 1 aromatic rings. The molecule has 2 nitrogen and oxygen atoms in total. The van der Waals surface area contributed by atoms with Crippen LogP contribution in [0.15, 0.2) is 23.1 Å². The van der Waals surface area contributed by atoms with E-state index < -0.39 is 0 Å². The number of hydrogen-bond donors (Lipinski definition) is 1. The number of aryl methyl sites for hydroxylation is 1. The Bertz CT molecular complexity index is 322. The summed E-state index contributed by atoms with van der Waals surface area (Å²) in [7, 11) is 0. The fraction of sp³-hybridized carbons (Fsp3) is 0.538. The van der Waals surface area contributed by atoms with Crippen LogP contribution < -0.4 is 5.73 Å². The summed E-state index contributed by atoms with van der Waals surface area (Å²) in [5.74, 6) is 1.11. The van der Waals surface area contributed by atoms with E-state index in [4.69, 9.17) is 5.73 Å². The molecule has 0 spiro atoms. The zero-order valence-corrected chi connectivity index (χ0v) is 11.3. The van der Waals surface area contributed by atoms with Crippen molar-refractivity contribution in [3.63, 3.8) is 0 Å². The van der Waals surface area contributed by atoms with Gasteiger partial charge in [0.05, 0.1) is 0 Å². The first kappa shape index (κ1) is 13.4. The van der Waals surface area contributed by atoms with Crippen LogP contribution in [0.2, 0.25) is 0 Å². The van der Waals surface area contributed by atoms with Crippen LogP contribution in [0.5, 0.6) is 0 Å². The van der Waals surface area contributed by atoms with E-state index in [0.29, 0.717) is 0 Å². The van der Waals surface area contributed by atoms with Gasteiger partial charge in [0, 0.05) is 22.9 Å². The Labute approximate surface area is 103 Å². The third-order valence-corrected chi connectivity index (χ3v) is 3.78. The highest BCUT2D eigenvalue weighted by Gasteiger charge is 2.02. The van der Waals surface area contributed by atoms with Crippen molar-refractivity contribution in [3.05, 3.63) is 23.8 Å². The zero-order chi connectivity index (χ0) is 12.0. The van der Waals surface area contributed by atoms with Crippen molar-refractivity contribution < 1.29 is 0 Å². The molecule has 1 rings (SSSR count). The van der Waals surface area contributed by atoms with E-state index in [9.17, 15) is 0 Å². The summed E-state index contributed by atoms with van der Waals surface area (Å²) in [5, 5.41) is 0. The van der Waals surface area contributed by atoms with E-state index in [1.165, 1.54) is 10.5 Å². The highest BCUT2D eigenvalue weighted by atomic mass is 32.2. The Balaban J connectivity index is 2.45. The molecule has 0 aliphatic heterocycles. The van der Waals surface area contributed by atoms with E-state index in [1.807, 2.05) is 17.8 Å². The summed E-state index contributed by atoms with van der Waals surface area (Å²) >= 11 is 1.85. The lowest BCUT2D eigenvalue weighted by molar-refractivity contribution is 0.324. The van der Waals surface area contributed by atoms with Gasteiger partial charge in [-0.2, -0.15) is 0 Å². The van der Waals surface area contributed by atoms with Gasteiger partial charge in [-0.3, -0.25) is 0 Å². The van der Waals surface area contributed by atoms with Gasteiger partial charge < -0.3 is 10.6 Å². The number of nitrogens with zero attached hydrogens (tertiary/aromatic N) is 1. The maximum absolute atomic E-state index is 5.94. The molecule has 0 fully saturated rings. The zero-order valence-electron chi connectivity index (χ0n) is 10.5. The molecule has 16 heavy (non-hydrogen) atoms.